The summed E-state index contributed by atoms with van der Waals surface area (Å²) >= 11 is 0. The molecule has 0 saturated carbocycles. The first kappa shape index (κ1) is 20.6. The summed E-state index contributed by atoms with van der Waals surface area (Å²) in [6.45, 7) is 12.6. The van der Waals surface area contributed by atoms with E-state index in [1.165, 1.54) is 0 Å². The van der Waals surface area contributed by atoms with Crippen molar-refractivity contribution in [1.29, 1.82) is 0 Å². The Kier molecular flexibility index (Phi) is 5.50. The number of fused-ring (bicyclic) bond motifs is 1. The number of benzene rings is 1. The highest BCUT2D eigenvalue weighted by Crippen LogP contribution is 2.34. The lowest BCUT2D eigenvalue weighted by molar-refractivity contribution is 0.392. The number of imidazole rings is 1. The Balaban J connectivity index is 0.00000240. The Labute approximate surface area is 170 Å². The van der Waals surface area contributed by atoms with Gasteiger partial charge in [0.25, 0.3) is 0 Å². The van der Waals surface area contributed by atoms with Crippen molar-refractivity contribution in [1.82, 2.24) is 20.3 Å². The summed E-state index contributed by atoms with van der Waals surface area (Å²) in [7, 11) is 0. The van der Waals surface area contributed by atoms with Gasteiger partial charge in [0, 0.05) is 23.6 Å². The molecule has 3 heterocycles. The van der Waals surface area contributed by atoms with Crippen LogP contribution in [0.5, 0.6) is 0 Å². The van der Waals surface area contributed by atoms with Crippen molar-refractivity contribution in [2.75, 3.05) is 5.32 Å². The lowest BCUT2D eigenvalue weighted by Gasteiger charge is -2.10. The van der Waals surface area contributed by atoms with Crippen LogP contribution in [0.2, 0.25) is 0 Å². The number of nitrogens with one attached hydrogen (secondary N) is 2. The van der Waals surface area contributed by atoms with Gasteiger partial charge in [0.2, 0.25) is 0 Å². The maximum atomic E-state index is 5.38. The number of aromatic amines is 1. The minimum Gasteiger partial charge on any atom is -0.379 e. The number of hydrogen-bond acceptors (Lipinski definition) is 6. The average Bonchev–Trinajstić information content (AvgIpc) is 3.31. The van der Waals surface area contributed by atoms with E-state index in [1.807, 2.05) is 27.7 Å². The molecule has 0 bridgehead atoms. The maximum absolute atomic E-state index is 5.38. The lowest BCUT2D eigenvalue weighted by Crippen LogP contribution is -2.02. The average molecular weight is 396 g/mol. The van der Waals surface area contributed by atoms with Gasteiger partial charge in [-0.3, -0.25) is 0 Å². The summed E-state index contributed by atoms with van der Waals surface area (Å²) < 4.78 is 10.7. The molecule has 3 aromatic heterocycles. The molecule has 0 spiro atoms. The number of anilines is 1. The second kappa shape index (κ2) is 7.73. The molecule has 29 heavy (non-hydrogen) atoms. The van der Waals surface area contributed by atoms with Gasteiger partial charge in [-0.05, 0) is 45.4 Å². The molecule has 4 rings (SSSR count). The van der Waals surface area contributed by atoms with Gasteiger partial charge < -0.3 is 19.3 Å². The van der Waals surface area contributed by atoms with Crippen LogP contribution in [0.15, 0.2) is 21.2 Å². The van der Waals surface area contributed by atoms with E-state index >= 15 is 0 Å². The van der Waals surface area contributed by atoms with Crippen LogP contribution in [0.3, 0.4) is 0 Å². The smallest absolute Gasteiger partial charge is 0.141 e. The number of rotatable bonds is 5. The van der Waals surface area contributed by atoms with Gasteiger partial charge in [-0.25, -0.2) is 4.98 Å². The first-order valence-corrected chi connectivity index (χ1v) is 9.47. The number of hydrogen-bond donors (Lipinski definition) is 2. The molecular weight excluding hydrogens is 366 g/mol. The van der Waals surface area contributed by atoms with Crippen molar-refractivity contribution < 1.29 is 9.05 Å². The first-order chi connectivity index (χ1) is 13.3. The number of H-pyrrole nitrogens is 1. The van der Waals surface area contributed by atoms with Crippen molar-refractivity contribution in [3.8, 4) is 11.1 Å². The standard InChI is InChI=1S/C21H25N5O2.CH4/c1-10(2)21-23-18-8-15(19-12(4)26-28-14(19)6)7-17(20(18)24-21)22-9-16-11(3)25-27-13(16)5;/h7-8,10,22H,9H2,1-6H3,(H,23,24);1H4. The molecule has 0 radical (unpaired) electrons. The molecule has 0 unspecified atom stereocenters. The van der Waals surface area contributed by atoms with Gasteiger partial charge in [0.05, 0.1) is 22.6 Å². The molecule has 0 aliphatic heterocycles. The van der Waals surface area contributed by atoms with Crippen molar-refractivity contribution in [3.05, 3.63) is 46.4 Å². The van der Waals surface area contributed by atoms with Crippen LogP contribution in [0, 0.1) is 27.7 Å². The third kappa shape index (κ3) is 3.64. The fourth-order valence-electron chi connectivity index (χ4n) is 3.52. The van der Waals surface area contributed by atoms with Crippen LogP contribution in [0.1, 0.15) is 61.5 Å². The molecule has 0 saturated heterocycles. The Bertz CT molecular complexity index is 1110. The summed E-state index contributed by atoms with van der Waals surface area (Å²) in [6.07, 6.45) is 0. The van der Waals surface area contributed by atoms with E-state index in [9.17, 15) is 0 Å². The van der Waals surface area contributed by atoms with Crippen LogP contribution in [-0.4, -0.2) is 20.3 Å². The normalized spacial score (nSPS) is 11.3. The van der Waals surface area contributed by atoms with Gasteiger partial charge in [-0.15, -0.1) is 0 Å². The lowest BCUT2D eigenvalue weighted by atomic mass is 10.0. The predicted molar refractivity (Wildman–Crippen MR) is 115 cm³/mol. The van der Waals surface area contributed by atoms with Gasteiger partial charge >= 0.3 is 0 Å². The van der Waals surface area contributed by atoms with E-state index in [0.29, 0.717) is 12.5 Å². The summed E-state index contributed by atoms with van der Waals surface area (Å²) in [5.41, 5.74) is 7.76. The van der Waals surface area contributed by atoms with E-state index < -0.39 is 0 Å². The summed E-state index contributed by atoms with van der Waals surface area (Å²) in [6, 6.07) is 4.22. The second-order valence-corrected chi connectivity index (χ2v) is 7.55. The molecule has 2 N–H and O–H groups in total. The highest BCUT2D eigenvalue weighted by Gasteiger charge is 2.18. The van der Waals surface area contributed by atoms with Gasteiger partial charge in [0.15, 0.2) is 0 Å². The van der Waals surface area contributed by atoms with E-state index in [2.05, 4.69) is 46.6 Å². The maximum Gasteiger partial charge on any atom is 0.141 e. The minimum absolute atomic E-state index is 0. The molecule has 0 atom stereocenters. The molecule has 0 amide bonds. The number of aryl methyl sites for hydroxylation is 4. The zero-order valence-electron chi connectivity index (χ0n) is 17.1. The summed E-state index contributed by atoms with van der Waals surface area (Å²) in [5, 5.41) is 11.7. The molecule has 0 aliphatic carbocycles. The van der Waals surface area contributed by atoms with Crippen LogP contribution in [0.25, 0.3) is 22.2 Å². The molecule has 7 heteroatoms. The largest absolute Gasteiger partial charge is 0.379 e. The van der Waals surface area contributed by atoms with E-state index in [0.717, 1.165) is 62.1 Å². The zero-order chi connectivity index (χ0) is 20.0. The van der Waals surface area contributed by atoms with Gasteiger partial charge in [-0.2, -0.15) is 0 Å². The number of aromatic nitrogens is 4. The van der Waals surface area contributed by atoms with E-state index in [1.54, 1.807) is 0 Å². The third-order valence-corrected chi connectivity index (χ3v) is 5.11. The number of nitrogens with zero attached hydrogens (tertiary/aromatic N) is 3. The zero-order valence-corrected chi connectivity index (χ0v) is 17.1. The highest BCUT2D eigenvalue weighted by molar-refractivity contribution is 5.93. The third-order valence-electron chi connectivity index (χ3n) is 5.11. The Morgan fingerprint density at radius 1 is 1.00 bits per heavy atom. The molecular formula is C22H29N5O2. The monoisotopic (exact) mass is 395 g/mol. The molecule has 154 valence electrons. The first-order valence-electron chi connectivity index (χ1n) is 9.47. The van der Waals surface area contributed by atoms with Crippen molar-refractivity contribution in [3.63, 3.8) is 0 Å². The second-order valence-electron chi connectivity index (χ2n) is 7.55. The summed E-state index contributed by atoms with van der Waals surface area (Å²) in [4.78, 5) is 8.29. The molecule has 0 aliphatic rings. The molecule has 1 aromatic carbocycles. The van der Waals surface area contributed by atoms with Crippen molar-refractivity contribution >= 4 is 16.7 Å². The predicted octanol–water partition coefficient (Wildman–Crippen LogP) is 5.81. The fraction of sp³-hybridized carbons (Fsp3) is 0.409. The van der Waals surface area contributed by atoms with Crippen LogP contribution in [0.4, 0.5) is 5.69 Å². The molecule has 7 nitrogen and oxygen atoms in total. The fourth-order valence-corrected chi connectivity index (χ4v) is 3.52. The molecule has 4 aromatic rings. The summed E-state index contributed by atoms with van der Waals surface area (Å²) in [5.74, 6) is 2.90. The quantitative estimate of drug-likeness (QED) is 0.443. The van der Waals surface area contributed by atoms with E-state index in [-0.39, 0.29) is 7.43 Å². The van der Waals surface area contributed by atoms with Crippen LogP contribution >= 0.6 is 0 Å². The molecule has 0 fully saturated rings. The van der Waals surface area contributed by atoms with Crippen molar-refractivity contribution in [2.24, 2.45) is 0 Å². The Morgan fingerprint density at radius 2 is 1.69 bits per heavy atom. The minimum atomic E-state index is 0. The van der Waals surface area contributed by atoms with Crippen molar-refractivity contribution in [2.45, 2.75) is 61.4 Å². The van der Waals surface area contributed by atoms with Gasteiger partial charge in [0.1, 0.15) is 22.9 Å². The highest BCUT2D eigenvalue weighted by atomic mass is 16.5. The van der Waals surface area contributed by atoms with Crippen LogP contribution in [-0.2, 0) is 6.54 Å². The van der Waals surface area contributed by atoms with E-state index in [4.69, 9.17) is 14.0 Å². The SMILES string of the molecule is C.Cc1noc(C)c1CNc1cc(-c2c(C)noc2C)cc2[nH]c(C(C)C)nc12. The van der Waals surface area contributed by atoms with Crippen LogP contribution < -0.4 is 5.32 Å². The topological polar surface area (TPSA) is 92.8 Å². The Hall–Kier alpha value is -3.09. The van der Waals surface area contributed by atoms with Gasteiger partial charge in [-0.1, -0.05) is 31.6 Å². The Morgan fingerprint density at radius 3 is 2.28 bits per heavy atom.